The van der Waals surface area contributed by atoms with Crippen molar-refractivity contribution in [3.63, 3.8) is 0 Å². The molecule has 10 aliphatic carbocycles. The van der Waals surface area contributed by atoms with Crippen LogP contribution in [0.5, 0.6) is 0 Å². The standard InChI is InChI=1S/2C13H15N3.4C10H15F2N3.4C10H17N3.2C2H6/c2*1-16-13-9-7-11-5-3-2-4-10(11)6-8-12(13)14-15-16;2*1-7-5-3-4-6-8-9(10(7,11)12)13-14-15(8)2;2*1-7-5-3-4-6-8-9(10(7,11)12)15(2)14-13-8;2*1-8-6-4-3-5-7-9-10(8)11-12-13(9)2;2*1-8-6-4-3-5-7-9-10(8)13(2)12-11-9;2*1-2/h2*2-5H,6-9H2,1H3;4*7H,3-6H2,1-2H3;4*8H,3-7H2,1-2H3;2*1-2H3. The fourth-order valence-corrected chi connectivity index (χ4v) is 22.1. The second-order valence-corrected chi connectivity index (χ2v) is 42.0. The number of aromatic nitrogens is 30. The minimum Gasteiger partial charge on any atom is -0.252 e. The lowest BCUT2D eigenvalue weighted by Gasteiger charge is -2.26. The molecule has 148 heavy (non-hydrogen) atoms. The summed E-state index contributed by atoms with van der Waals surface area (Å²) in [4.78, 5) is 0. The zero-order chi connectivity index (χ0) is 107. The molecular weight excluding hydrogens is 1890 g/mol. The summed E-state index contributed by atoms with van der Waals surface area (Å²) >= 11 is 0. The van der Waals surface area contributed by atoms with E-state index < -0.39 is 47.4 Å². The zero-order valence-corrected chi connectivity index (χ0v) is 92.8. The van der Waals surface area contributed by atoms with Crippen LogP contribution in [-0.4, -0.2) is 150 Å². The predicted octanol–water partition coefficient (Wildman–Crippen LogP) is 22.7. The Hall–Kier alpha value is -10.7. The van der Waals surface area contributed by atoms with Crippen LogP contribution in [0.1, 0.15) is 423 Å². The van der Waals surface area contributed by atoms with Crippen LogP contribution in [0.4, 0.5) is 35.1 Å². The maximum absolute atomic E-state index is 14.0. The zero-order valence-electron chi connectivity index (χ0n) is 92.8. The maximum Gasteiger partial charge on any atom is 0.295 e. The molecule has 10 aliphatic rings. The van der Waals surface area contributed by atoms with Gasteiger partial charge in [0.15, 0.2) is 11.4 Å². The average Bonchev–Trinajstić information content (AvgIpc) is 1.62. The molecule has 30 nitrogen and oxygen atoms in total. The van der Waals surface area contributed by atoms with E-state index in [1.165, 1.54) is 226 Å². The van der Waals surface area contributed by atoms with Crippen molar-refractivity contribution in [3.8, 4) is 0 Å². The van der Waals surface area contributed by atoms with Crippen molar-refractivity contribution in [1.82, 2.24) is 150 Å². The lowest BCUT2D eigenvalue weighted by Crippen LogP contribution is -2.29. The lowest BCUT2D eigenvalue weighted by molar-refractivity contribution is -0.0713. The van der Waals surface area contributed by atoms with Gasteiger partial charge in [0, 0.05) is 106 Å². The molecule has 10 aromatic heterocycles. The quantitative estimate of drug-likeness (QED) is 0.127. The van der Waals surface area contributed by atoms with E-state index >= 15 is 0 Å². The summed E-state index contributed by atoms with van der Waals surface area (Å²) in [6.45, 7) is 23.5. The van der Waals surface area contributed by atoms with Gasteiger partial charge in [-0.2, -0.15) is 35.1 Å². The van der Waals surface area contributed by atoms with Gasteiger partial charge in [-0.3, -0.25) is 37.5 Å². The Morgan fingerprint density at radius 1 is 0.209 bits per heavy atom. The highest BCUT2D eigenvalue weighted by Crippen LogP contribution is 2.46. The second kappa shape index (κ2) is 55.9. The van der Waals surface area contributed by atoms with Crippen LogP contribution in [0.15, 0.2) is 48.5 Å². The van der Waals surface area contributed by atoms with Crippen molar-refractivity contribution in [1.29, 1.82) is 0 Å². The Morgan fingerprint density at radius 2 is 0.446 bits per heavy atom. The number of aryl methyl sites for hydroxylation is 20. The summed E-state index contributed by atoms with van der Waals surface area (Å²) in [6, 6.07) is 17.4. The molecule has 0 fully saturated rings. The summed E-state index contributed by atoms with van der Waals surface area (Å²) < 4.78 is 129. The maximum atomic E-state index is 14.0. The van der Waals surface area contributed by atoms with E-state index in [1.54, 1.807) is 41.8 Å². The number of alkyl halides is 8. The first-order valence-electron chi connectivity index (χ1n) is 55.5. The van der Waals surface area contributed by atoms with E-state index in [1.807, 2.05) is 98.1 Å². The van der Waals surface area contributed by atoms with Gasteiger partial charge in [-0.25, -0.2) is 9.36 Å². The van der Waals surface area contributed by atoms with Crippen molar-refractivity contribution in [2.45, 2.75) is 413 Å². The third kappa shape index (κ3) is 30.0. The lowest BCUT2D eigenvalue weighted by atomic mass is 9.89. The van der Waals surface area contributed by atoms with E-state index in [4.69, 9.17) is 0 Å². The van der Waals surface area contributed by atoms with Gasteiger partial charge in [0.1, 0.15) is 11.4 Å². The summed E-state index contributed by atoms with van der Waals surface area (Å²) in [5, 5.41) is 79.7. The molecule has 8 atom stereocenters. The van der Waals surface area contributed by atoms with E-state index in [0.29, 0.717) is 97.8 Å². The molecule has 0 N–H and O–H groups in total. The summed E-state index contributed by atoms with van der Waals surface area (Å²) in [5.74, 6) is -11.3. The Morgan fingerprint density at radius 3 is 0.797 bits per heavy atom. The number of halogens is 8. The van der Waals surface area contributed by atoms with Gasteiger partial charge in [0.25, 0.3) is 23.7 Å². The highest BCUT2D eigenvalue weighted by atomic mass is 19.3. The van der Waals surface area contributed by atoms with Crippen molar-refractivity contribution in [2.24, 2.45) is 94.1 Å². The Bertz CT molecular complexity index is 5640. The van der Waals surface area contributed by atoms with Gasteiger partial charge in [-0.15, -0.1) is 51.0 Å². The fraction of sp³-hybridized carbons (Fsp3) is 0.709. The van der Waals surface area contributed by atoms with Crippen LogP contribution >= 0.6 is 0 Å². The predicted molar refractivity (Wildman–Crippen MR) is 560 cm³/mol. The summed E-state index contributed by atoms with van der Waals surface area (Å²) in [6.07, 6.45) is 46.0. The molecule has 38 heteroatoms. The Kier molecular flexibility index (Phi) is 44.4. The molecule has 2 aromatic carbocycles. The number of hydrogen-bond donors (Lipinski definition) is 0. The Balaban J connectivity index is 0.000000156. The van der Waals surface area contributed by atoms with E-state index in [0.717, 1.165) is 128 Å². The number of nitrogens with zero attached hydrogens (tertiary/aromatic N) is 30. The van der Waals surface area contributed by atoms with E-state index in [2.05, 4.69) is 179 Å². The van der Waals surface area contributed by atoms with Gasteiger partial charge in [-0.1, -0.05) is 261 Å². The molecule has 0 spiro atoms. The molecule has 0 aliphatic heterocycles. The first-order chi connectivity index (χ1) is 71.0. The summed E-state index contributed by atoms with van der Waals surface area (Å²) in [7, 11) is 18.4. The Labute approximate surface area is 872 Å². The largest absolute Gasteiger partial charge is 0.295 e. The fourth-order valence-electron chi connectivity index (χ4n) is 22.1. The number of benzene rings is 2. The van der Waals surface area contributed by atoms with Crippen LogP contribution in [0, 0.1) is 23.7 Å². The van der Waals surface area contributed by atoms with E-state index in [9.17, 15) is 35.1 Å². The van der Waals surface area contributed by atoms with E-state index in [-0.39, 0.29) is 22.8 Å². The van der Waals surface area contributed by atoms with Crippen LogP contribution in [-0.2, 0) is 197 Å². The van der Waals surface area contributed by atoms with Crippen molar-refractivity contribution in [2.75, 3.05) is 0 Å². The highest BCUT2D eigenvalue weighted by molar-refractivity contribution is 5.34. The number of fused-ring (bicyclic) bond motifs is 12. The molecule has 816 valence electrons. The van der Waals surface area contributed by atoms with Gasteiger partial charge < -0.3 is 0 Å². The molecule has 0 bridgehead atoms. The van der Waals surface area contributed by atoms with Crippen molar-refractivity contribution in [3.05, 3.63) is 185 Å². The molecule has 8 unspecified atom stereocenters. The molecule has 0 saturated carbocycles. The minimum absolute atomic E-state index is 0.00898. The van der Waals surface area contributed by atoms with Crippen LogP contribution in [0.25, 0.3) is 0 Å². The molecule has 12 aromatic rings. The first kappa shape index (κ1) is 118. The first-order valence-corrected chi connectivity index (χ1v) is 55.5. The van der Waals surface area contributed by atoms with Crippen molar-refractivity contribution < 1.29 is 35.1 Å². The highest BCUT2D eigenvalue weighted by Gasteiger charge is 2.48. The number of rotatable bonds is 0. The summed E-state index contributed by atoms with van der Waals surface area (Å²) in [5.41, 5.74) is 23.1. The average molecular weight is 2060 g/mol. The SMILES string of the molecule is CC.CC.CC1CCCCCc2c1nnn2C.CC1CCCCCc2c1nnn2C.CC1CCCCCc2nnn(C)c21.CC1CCCCCc2nnn(C)c21.CC1CCCCc2c(nnn2C)C1(F)F.CC1CCCCc2c(nnn2C)C1(F)F.CC1CCCCc2nnn(C)c2C1(F)F.CC1CCCCc2nnn(C)c2C1(F)F.Cn1nnc2c1CCc1ccccc1CC2.Cn1nnc2c1CCc1ccccc1CC2. The van der Waals surface area contributed by atoms with Crippen LogP contribution < -0.4 is 0 Å². The number of hydrogen-bond acceptors (Lipinski definition) is 20. The van der Waals surface area contributed by atoms with Gasteiger partial charge >= 0.3 is 0 Å². The second-order valence-electron chi connectivity index (χ2n) is 42.0. The molecule has 0 radical (unpaired) electrons. The minimum atomic E-state index is -2.83. The topological polar surface area (TPSA) is 307 Å². The van der Waals surface area contributed by atoms with Gasteiger partial charge in [-0.05, 0) is 240 Å². The van der Waals surface area contributed by atoms with Gasteiger partial charge in [0.2, 0.25) is 0 Å². The van der Waals surface area contributed by atoms with Crippen molar-refractivity contribution >= 4 is 0 Å². The molecule has 0 saturated heterocycles. The van der Waals surface area contributed by atoms with Crippen LogP contribution in [0.3, 0.4) is 0 Å². The normalized spacial score (nSPS) is 21.8. The van der Waals surface area contributed by atoms with Crippen LogP contribution in [0.2, 0.25) is 0 Å². The smallest absolute Gasteiger partial charge is 0.252 e. The third-order valence-corrected chi connectivity index (χ3v) is 31.3. The third-order valence-electron chi connectivity index (χ3n) is 31.3. The molecule has 0 amide bonds. The van der Waals surface area contributed by atoms with Gasteiger partial charge in [0.05, 0.1) is 91.1 Å². The molecule has 10 heterocycles. The molecular formula is C110H170F8N30. The monoisotopic (exact) mass is 2060 g/mol. The molecule has 22 rings (SSSR count).